The normalized spacial score (nSPS) is 18.0. The molecule has 0 aromatic heterocycles. The first kappa shape index (κ1) is 7.57. The van der Waals surface area contributed by atoms with Gasteiger partial charge >= 0.3 is 0 Å². The van der Waals surface area contributed by atoms with E-state index in [-0.39, 0.29) is 5.16 Å². The molecule has 10 heavy (non-hydrogen) atoms. The summed E-state index contributed by atoms with van der Waals surface area (Å²) in [6, 6.07) is 0. The topological polar surface area (TPSA) is 46.7 Å². The van der Waals surface area contributed by atoms with Gasteiger partial charge in [-0.3, -0.25) is 0 Å². The molecule has 1 N–H and O–H groups in total. The van der Waals surface area contributed by atoms with Crippen molar-refractivity contribution in [1.82, 2.24) is 5.43 Å². The van der Waals surface area contributed by atoms with Crippen LogP contribution in [-0.4, -0.2) is 16.9 Å². The summed E-state index contributed by atoms with van der Waals surface area (Å²) in [6.07, 6.45) is 1.46. The van der Waals surface area contributed by atoms with Gasteiger partial charge in [0.15, 0.2) is 5.16 Å². The Labute approximate surface area is 64.4 Å². The molecule has 0 atom stereocenters. The van der Waals surface area contributed by atoms with Crippen LogP contribution < -0.4 is 5.43 Å². The van der Waals surface area contributed by atoms with Gasteiger partial charge in [-0.15, -0.1) is 5.43 Å². The summed E-state index contributed by atoms with van der Waals surface area (Å²) in [6.45, 7) is 3.27. The molecule has 0 aliphatic carbocycles. The summed E-state index contributed by atoms with van der Waals surface area (Å²) >= 11 is 5.59. The van der Waals surface area contributed by atoms with Crippen LogP contribution in [-0.2, 0) is 0 Å². The van der Waals surface area contributed by atoms with E-state index in [9.17, 15) is 5.11 Å². The molecular weight excluding hydrogens is 152 g/mol. The number of rotatable bonds is 1. The Kier molecular flexibility index (Phi) is 1.70. The predicted octanol–water partition coefficient (Wildman–Crippen LogP) is 0.811. The summed E-state index contributed by atoms with van der Waals surface area (Å²) < 4.78 is 0. The zero-order valence-corrected chi connectivity index (χ0v) is 6.55. The lowest BCUT2D eigenvalue weighted by atomic mass is 10.0. The molecular formula is C6H8ClN2O. The number of hydrogen-bond acceptors (Lipinski definition) is 2. The van der Waals surface area contributed by atoms with Crippen LogP contribution in [0.5, 0.6) is 0 Å². The highest BCUT2D eigenvalue weighted by atomic mass is 35.5. The number of hydrogen-bond donors (Lipinski definition) is 1. The molecule has 1 aliphatic heterocycles. The highest BCUT2D eigenvalue weighted by Gasteiger charge is 2.24. The highest BCUT2D eigenvalue weighted by molar-refractivity contribution is 6.31. The summed E-state index contributed by atoms with van der Waals surface area (Å²) in [5.74, 6) is 0. The van der Waals surface area contributed by atoms with Crippen molar-refractivity contribution in [3.05, 3.63) is 10.7 Å². The molecule has 0 bridgehead atoms. The van der Waals surface area contributed by atoms with E-state index in [1.54, 1.807) is 13.8 Å². The fourth-order valence-corrected chi connectivity index (χ4v) is 0.978. The first-order valence-corrected chi connectivity index (χ1v) is 3.26. The molecule has 1 aliphatic rings. The average molecular weight is 160 g/mol. The van der Waals surface area contributed by atoms with E-state index in [4.69, 9.17) is 11.6 Å². The molecule has 0 amide bonds. The monoisotopic (exact) mass is 159 g/mol. The van der Waals surface area contributed by atoms with Gasteiger partial charge in [0.1, 0.15) is 0 Å². The minimum absolute atomic E-state index is 0.271. The number of halogens is 1. The summed E-state index contributed by atoms with van der Waals surface area (Å²) in [5, 5.41) is 13.2. The lowest BCUT2D eigenvalue weighted by molar-refractivity contribution is 0.126. The Morgan fingerprint density at radius 3 is 2.40 bits per heavy atom. The minimum Gasteiger partial charge on any atom is -0.386 e. The Balaban J connectivity index is 2.91. The molecule has 3 nitrogen and oxygen atoms in total. The first-order valence-electron chi connectivity index (χ1n) is 2.88. The first-order chi connectivity index (χ1) is 4.52. The van der Waals surface area contributed by atoms with Crippen molar-refractivity contribution in [3.63, 3.8) is 0 Å². The molecule has 1 heterocycles. The average Bonchev–Trinajstić information content (AvgIpc) is 2.11. The van der Waals surface area contributed by atoms with Gasteiger partial charge in [0.05, 0.1) is 11.8 Å². The van der Waals surface area contributed by atoms with Gasteiger partial charge in [0, 0.05) is 5.57 Å². The fourth-order valence-electron chi connectivity index (χ4n) is 0.655. The van der Waals surface area contributed by atoms with Gasteiger partial charge in [0.2, 0.25) is 0 Å². The van der Waals surface area contributed by atoms with Crippen LogP contribution in [0.15, 0.2) is 15.8 Å². The summed E-state index contributed by atoms with van der Waals surface area (Å²) in [5.41, 5.74) is 3.16. The van der Waals surface area contributed by atoms with Crippen molar-refractivity contribution in [2.24, 2.45) is 5.10 Å². The number of aliphatic hydroxyl groups is 1. The maximum Gasteiger partial charge on any atom is 0.159 e. The van der Waals surface area contributed by atoms with Gasteiger partial charge in [-0.1, -0.05) is 11.6 Å². The molecule has 0 fully saturated rings. The zero-order valence-electron chi connectivity index (χ0n) is 5.80. The van der Waals surface area contributed by atoms with Gasteiger partial charge in [-0.05, 0) is 13.8 Å². The second-order valence-electron chi connectivity index (χ2n) is 2.61. The van der Waals surface area contributed by atoms with E-state index in [0.29, 0.717) is 5.57 Å². The Morgan fingerprint density at radius 2 is 2.20 bits per heavy atom. The second-order valence-corrected chi connectivity index (χ2v) is 2.97. The van der Waals surface area contributed by atoms with Crippen LogP contribution in [0.4, 0.5) is 0 Å². The molecule has 0 spiro atoms. The lowest BCUT2D eigenvalue weighted by Gasteiger charge is -2.15. The van der Waals surface area contributed by atoms with Crippen LogP contribution >= 0.6 is 11.6 Å². The molecule has 0 aromatic carbocycles. The zero-order chi connectivity index (χ0) is 7.78. The maximum atomic E-state index is 9.39. The van der Waals surface area contributed by atoms with Crippen LogP contribution in [0.2, 0.25) is 0 Å². The van der Waals surface area contributed by atoms with Crippen molar-refractivity contribution in [2.45, 2.75) is 19.4 Å². The van der Waals surface area contributed by atoms with Gasteiger partial charge < -0.3 is 5.11 Å². The van der Waals surface area contributed by atoms with Crippen molar-refractivity contribution in [1.29, 1.82) is 0 Å². The molecule has 0 saturated carbocycles. The lowest BCUT2D eigenvalue weighted by Crippen LogP contribution is -2.22. The second kappa shape index (κ2) is 2.25. The van der Waals surface area contributed by atoms with E-state index >= 15 is 0 Å². The molecule has 1 radical (unpaired) electrons. The van der Waals surface area contributed by atoms with Gasteiger partial charge in [0.25, 0.3) is 0 Å². The third kappa shape index (κ3) is 1.30. The molecule has 4 heteroatoms. The van der Waals surface area contributed by atoms with E-state index in [2.05, 4.69) is 10.5 Å². The number of nitrogens with zero attached hydrogens (tertiary/aromatic N) is 2. The SMILES string of the molecule is CC(C)(O)C1=C(Cl)[N]N=C1. The smallest absolute Gasteiger partial charge is 0.159 e. The predicted molar refractivity (Wildman–Crippen MR) is 39.8 cm³/mol. The quantitative estimate of drug-likeness (QED) is 0.566. The minimum atomic E-state index is -0.944. The van der Waals surface area contributed by atoms with Crippen molar-refractivity contribution in [2.75, 3.05) is 0 Å². The summed E-state index contributed by atoms with van der Waals surface area (Å²) in [7, 11) is 0. The van der Waals surface area contributed by atoms with E-state index < -0.39 is 5.60 Å². The molecule has 55 valence electrons. The highest BCUT2D eigenvalue weighted by Crippen LogP contribution is 2.22. The van der Waals surface area contributed by atoms with Crippen molar-refractivity contribution >= 4 is 17.8 Å². The van der Waals surface area contributed by atoms with Gasteiger partial charge in [-0.25, -0.2) is 0 Å². The fraction of sp³-hybridized carbons (Fsp3) is 0.500. The van der Waals surface area contributed by atoms with Crippen LogP contribution in [0.3, 0.4) is 0 Å². The molecule has 1 rings (SSSR count). The largest absolute Gasteiger partial charge is 0.386 e. The molecule has 0 unspecified atom stereocenters. The van der Waals surface area contributed by atoms with E-state index in [1.807, 2.05) is 0 Å². The third-order valence-corrected chi connectivity index (χ3v) is 1.49. The molecule has 0 saturated heterocycles. The Morgan fingerprint density at radius 1 is 1.60 bits per heavy atom. The summed E-state index contributed by atoms with van der Waals surface area (Å²) in [4.78, 5) is 0. The van der Waals surface area contributed by atoms with Crippen LogP contribution in [0.1, 0.15) is 13.8 Å². The van der Waals surface area contributed by atoms with E-state index in [1.165, 1.54) is 6.21 Å². The van der Waals surface area contributed by atoms with Crippen LogP contribution in [0, 0.1) is 0 Å². The third-order valence-electron chi connectivity index (χ3n) is 1.21. The Bertz CT molecular complexity index is 202. The molecule has 0 aromatic rings. The van der Waals surface area contributed by atoms with Crippen molar-refractivity contribution < 1.29 is 5.11 Å². The van der Waals surface area contributed by atoms with Crippen molar-refractivity contribution in [3.8, 4) is 0 Å². The maximum absolute atomic E-state index is 9.39. The van der Waals surface area contributed by atoms with E-state index in [0.717, 1.165) is 0 Å². The Hall–Kier alpha value is -0.540. The van der Waals surface area contributed by atoms with Gasteiger partial charge in [-0.2, -0.15) is 5.10 Å². The van der Waals surface area contributed by atoms with Crippen LogP contribution in [0.25, 0.3) is 0 Å². The standard InChI is InChI=1S/C6H8ClN2O/c1-6(2,10)4-3-8-9-5(4)7/h3,10H,1-2H3.